The fourth-order valence-corrected chi connectivity index (χ4v) is 3.42. The molecule has 0 amide bonds. The topological polar surface area (TPSA) is 19.4 Å². The van der Waals surface area contributed by atoms with Crippen molar-refractivity contribution in [1.29, 1.82) is 0 Å². The second-order valence-electron chi connectivity index (χ2n) is 6.61. The maximum Gasteiger partial charge on any atom is 0.0312 e. The van der Waals surface area contributed by atoms with Crippen molar-refractivity contribution in [3.05, 3.63) is 66.0 Å². The summed E-state index contributed by atoms with van der Waals surface area (Å²) in [6.45, 7) is 4.53. The summed E-state index contributed by atoms with van der Waals surface area (Å²) in [5.41, 5.74) is 2.75. The Labute approximate surface area is 140 Å². The van der Waals surface area contributed by atoms with Crippen molar-refractivity contribution in [3.8, 4) is 0 Å². The van der Waals surface area contributed by atoms with Gasteiger partial charge in [0.2, 0.25) is 0 Å². The number of likely N-dealkylation sites (N-methyl/N-ethyl adjacent to an activating group) is 1. The first-order valence-corrected chi connectivity index (χ1v) is 8.67. The molecule has 0 radical (unpaired) electrons. The molecule has 0 saturated carbocycles. The molecular formula is C20H27N3. The highest BCUT2D eigenvalue weighted by molar-refractivity contribution is 5.15. The minimum Gasteiger partial charge on any atom is -0.302 e. The fourth-order valence-electron chi connectivity index (χ4n) is 3.42. The zero-order valence-electron chi connectivity index (χ0n) is 14.1. The molecule has 2 heterocycles. The van der Waals surface area contributed by atoms with Crippen LogP contribution >= 0.6 is 0 Å². The summed E-state index contributed by atoms with van der Waals surface area (Å²) < 4.78 is 0. The lowest BCUT2D eigenvalue weighted by Crippen LogP contribution is -2.46. The van der Waals surface area contributed by atoms with Crippen LogP contribution in [0, 0.1) is 0 Å². The molecule has 3 heteroatoms. The van der Waals surface area contributed by atoms with Gasteiger partial charge in [0, 0.05) is 38.1 Å². The van der Waals surface area contributed by atoms with Crippen molar-refractivity contribution in [2.75, 3.05) is 26.7 Å². The third-order valence-corrected chi connectivity index (χ3v) is 4.83. The highest BCUT2D eigenvalue weighted by atomic mass is 15.2. The van der Waals surface area contributed by atoms with Crippen LogP contribution < -0.4 is 0 Å². The molecule has 1 aliphatic heterocycles. The largest absolute Gasteiger partial charge is 0.302 e. The molecule has 23 heavy (non-hydrogen) atoms. The predicted molar refractivity (Wildman–Crippen MR) is 95.3 cm³/mol. The molecule has 3 nitrogen and oxygen atoms in total. The van der Waals surface area contributed by atoms with Gasteiger partial charge >= 0.3 is 0 Å². The number of piperidine rings is 1. The Hall–Kier alpha value is -1.71. The number of nitrogens with zero attached hydrogens (tertiary/aromatic N) is 3. The maximum atomic E-state index is 4.23. The lowest BCUT2D eigenvalue weighted by atomic mass is 10.0. The lowest BCUT2D eigenvalue weighted by molar-refractivity contribution is 0.112. The van der Waals surface area contributed by atoms with Gasteiger partial charge in [-0.1, -0.05) is 36.4 Å². The van der Waals surface area contributed by atoms with E-state index in [1.54, 1.807) is 0 Å². The Balaban J connectivity index is 1.49. The van der Waals surface area contributed by atoms with Crippen molar-refractivity contribution in [1.82, 2.24) is 14.8 Å². The smallest absolute Gasteiger partial charge is 0.0312 e. The number of pyridine rings is 1. The van der Waals surface area contributed by atoms with Crippen molar-refractivity contribution in [2.45, 2.75) is 31.8 Å². The molecule has 0 spiro atoms. The SMILES string of the molecule is CN(CCc1ccccc1)C1CCCN(Cc2cccnc2)C1. The minimum absolute atomic E-state index is 0.670. The van der Waals surface area contributed by atoms with Crippen LogP contribution in [-0.4, -0.2) is 47.5 Å². The van der Waals surface area contributed by atoms with Gasteiger partial charge in [-0.2, -0.15) is 0 Å². The van der Waals surface area contributed by atoms with Gasteiger partial charge in [0.25, 0.3) is 0 Å². The standard InChI is InChI=1S/C20H27N3/c1-22(14-11-18-7-3-2-4-8-18)20-10-6-13-23(17-20)16-19-9-5-12-21-15-19/h2-5,7-9,12,15,20H,6,10-11,13-14,16-17H2,1H3. The second kappa shape index (κ2) is 8.23. The maximum absolute atomic E-state index is 4.23. The zero-order chi connectivity index (χ0) is 15.9. The van der Waals surface area contributed by atoms with E-state index in [1.165, 1.54) is 37.1 Å². The minimum atomic E-state index is 0.670. The number of hydrogen-bond donors (Lipinski definition) is 0. The van der Waals surface area contributed by atoms with E-state index >= 15 is 0 Å². The molecule has 0 aliphatic carbocycles. The molecule has 1 saturated heterocycles. The van der Waals surface area contributed by atoms with Gasteiger partial charge < -0.3 is 4.90 Å². The van der Waals surface area contributed by atoms with Gasteiger partial charge in [0.1, 0.15) is 0 Å². The van der Waals surface area contributed by atoms with E-state index < -0.39 is 0 Å². The number of rotatable bonds is 6. The highest BCUT2D eigenvalue weighted by Gasteiger charge is 2.23. The Morgan fingerprint density at radius 1 is 1.13 bits per heavy atom. The molecule has 1 aliphatic rings. The van der Waals surface area contributed by atoms with Gasteiger partial charge in [-0.3, -0.25) is 9.88 Å². The van der Waals surface area contributed by atoms with Crippen LogP contribution in [0.2, 0.25) is 0 Å². The lowest BCUT2D eigenvalue weighted by Gasteiger charge is -2.37. The van der Waals surface area contributed by atoms with Crippen molar-refractivity contribution >= 4 is 0 Å². The third-order valence-electron chi connectivity index (χ3n) is 4.83. The van der Waals surface area contributed by atoms with Crippen LogP contribution in [0.1, 0.15) is 24.0 Å². The van der Waals surface area contributed by atoms with E-state index in [1.807, 2.05) is 18.5 Å². The first-order chi connectivity index (χ1) is 11.3. The van der Waals surface area contributed by atoms with E-state index in [2.05, 4.69) is 58.2 Å². The summed E-state index contributed by atoms with van der Waals surface area (Å²) in [4.78, 5) is 9.35. The monoisotopic (exact) mass is 309 g/mol. The van der Waals surface area contributed by atoms with Gasteiger partial charge in [0.05, 0.1) is 0 Å². The van der Waals surface area contributed by atoms with E-state index in [9.17, 15) is 0 Å². The van der Waals surface area contributed by atoms with Crippen molar-refractivity contribution in [2.24, 2.45) is 0 Å². The molecule has 0 N–H and O–H groups in total. The van der Waals surface area contributed by atoms with Crippen LogP contribution in [0.25, 0.3) is 0 Å². The van der Waals surface area contributed by atoms with Crippen LogP contribution in [0.4, 0.5) is 0 Å². The average molecular weight is 309 g/mol. The summed E-state index contributed by atoms with van der Waals surface area (Å²) in [6, 6.07) is 15.7. The average Bonchev–Trinajstić information content (AvgIpc) is 2.62. The van der Waals surface area contributed by atoms with Crippen molar-refractivity contribution < 1.29 is 0 Å². The Bertz CT molecular complexity index is 570. The fraction of sp³-hybridized carbons (Fsp3) is 0.450. The highest BCUT2D eigenvalue weighted by Crippen LogP contribution is 2.17. The second-order valence-corrected chi connectivity index (χ2v) is 6.61. The summed E-state index contributed by atoms with van der Waals surface area (Å²) in [7, 11) is 2.28. The molecule has 1 atom stereocenters. The molecule has 1 fully saturated rings. The van der Waals surface area contributed by atoms with Crippen LogP contribution in [0.5, 0.6) is 0 Å². The normalized spacial score (nSPS) is 19.1. The molecule has 3 rings (SSSR count). The van der Waals surface area contributed by atoms with Gasteiger partial charge in [-0.15, -0.1) is 0 Å². The van der Waals surface area contributed by atoms with E-state index in [0.717, 1.165) is 19.5 Å². The first-order valence-electron chi connectivity index (χ1n) is 8.67. The van der Waals surface area contributed by atoms with Crippen LogP contribution in [-0.2, 0) is 13.0 Å². The van der Waals surface area contributed by atoms with E-state index in [0.29, 0.717) is 6.04 Å². The van der Waals surface area contributed by atoms with Gasteiger partial charge in [-0.05, 0) is 50.0 Å². The number of hydrogen-bond acceptors (Lipinski definition) is 3. The number of likely N-dealkylation sites (tertiary alicyclic amines) is 1. The number of benzene rings is 1. The van der Waals surface area contributed by atoms with E-state index in [-0.39, 0.29) is 0 Å². The summed E-state index contributed by atoms with van der Waals surface area (Å²) in [5.74, 6) is 0. The Morgan fingerprint density at radius 3 is 2.74 bits per heavy atom. The molecule has 0 bridgehead atoms. The molecule has 1 aromatic carbocycles. The van der Waals surface area contributed by atoms with Crippen LogP contribution in [0.3, 0.4) is 0 Å². The van der Waals surface area contributed by atoms with E-state index in [4.69, 9.17) is 0 Å². The Morgan fingerprint density at radius 2 is 1.96 bits per heavy atom. The molecule has 2 aromatic rings. The van der Waals surface area contributed by atoms with Crippen molar-refractivity contribution in [3.63, 3.8) is 0 Å². The van der Waals surface area contributed by atoms with Gasteiger partial charge in [0.15, 0.2) is 0 Å². The van der Waals surface area contributed by atoms with Gasteiger partial charge in [-0.25, -0.2) is 0 Å². The molecule has 1 unspecified atom stereocenters. The molecule has 122 valence electrons. The summed E-state index contributed by atoms with van der Waals surface area (Å²) >= 11 is 0. The zero-order valence-corrected chi connectivity index (χ0v) is 14.1. The van der Waals surface area contributed by atoms with Crippen LogP contribution in [0.15, 0.2) is 54.9 Å². The quantitative estimate of drug-likeness (QED) is 0.817. The predicted octanol–water partition coefficient (Wildman–Crippen LogP) is 3.22. The first kappa shape index (κ1) is 16.2. The summed E-state index contributed by atoms with van der Waals surface area (Å²) in [5, 5.41) is 0. The molecular weight excluding hydrogens is 282 g/mol. The molecule has 1 aromatic heterocycles. The summed E-state index contributed by atoms with van der Waals surface area (Å²) in [6.07, 6.45) is 7.58. The third kappa shape index (κ3) is 4.88. The number of aromatic nitrogens is 1. The Kier molecular flexibility index (Phi) is 5.78.